The van der Waals surface area contributed by atoms with Crippen LogP contribution in [-0.4, -0.2) is 73.3 Å². The molecule has 7 nitrogen and oxygen atoms in total. The van der Waals surface area contributed by atoms with Crippen LogP contribution >= 0.6 is 0 Å². The van der Waals surface area contributed by atoms with Crippen molar-refractivity contribution < 1.29 is 9.53 Å². The van der Waals surface area contributed by atoms with Gasteiger partial charge in [-0.1, -0.05) is 6.07 Å². The van der Waals surface area contributed by atoms with Gasteiger partial charge in [-0.25, -0.2) is 9.97 Å². The maximum absolute atomic E-state index is 12.7. The number of aryl methyl sites for hydroxylation is 1. The molecule has 0 radical (unpaired) electrons. The molecule has 0 bridgehead atoms. The second-order valence-electron chi connectivity index (χ2n) is 6.93. The molecule has 7 heteroatoms. The molecule has 27 heavy (non-hydrogen) atoms. The lowest BCUT2D eigenvalue weighted by molar-refractivity contribution is 0.0303. The van der Waals surface area contributed by atoms with Crippen LogP contribution in [-0.2, 0) is 4.74 Å². The van der Waals surface area contributed by atoms with Gasteiger partial charge in [0.1, 0.15) is 11.6 Å². The van der Waals surface area contributed by atoms with Crippen LogP contribution in [0.5, 0.6) is 0 Å². The average molecular weight is 367 g/mol. The molecule has 2 aliphatic rings. The second-order valence-corrected chi connectivity index (χ2v) is 6.93. The van der Waals surface area contributed by atoms with Crippen LogP contribution in [0, 0.1) is 6.92 Å². The fraction of sp³-hybridized carbons (Fsp3) is 0.450. The number of aromatic nitrogens is 2. The highest BCUT2D eigenvalue weighted by molar-refractivity contribution is 5.95. The summed E-state index contributed by atoms with van der Waals surface area (Å²) < 4.78 is 5.34. The number of anilines is 2. The van der Waals surface area contributed by atoms with E-state index < -0.39 is 0 Å². The Labute approximate surface area is 159 Å². The Morgan fingerprint density at radius 2 is 1.70 bits per heavy atom. The molecule has 2 aromatic rings. The number of amides is 1. The Kier molecular flexibility index (Phi) is 5.20. The summed E-state index contributed by atoms with van der Waals surface area (Å²) in [5, 5.41) is 0. The van der Waals surface area contributed by atoms with Gasteiger partial charge in [-0.2, -0.15) is 0 Å². The minimum atomic E-state index is 0.0599. The van der Waals surface area contributed by atoms with E-state index in [0.717, 1.165) is 37.8 Å². The predicted octanol–water partition coefficient (Wildman–Crippen LogP) is 1.58. The molecule has 0 atom stereocenters. The summed E-state index contributed by atoms with van der Waals surface area (Å²) in [5.74, 6) is 1.98. The lowest BCUT2D eigenvalue weighted by Crippen LogP contribution is -2.47. The van der Waals surface area contributed by atoms with Gasteiger partial charge in [0.05, 0.1) is 13.2 Å². The number of hydrogen-bond donors (Lipinski definition) is 0. The summed E-state index contributed by atoms with van der Waals surface area (Å²) in [6, 6.07) is 7.78. The van der Waals surface area contributed by atoms with Crippen LogP contribution in [0.4, 0.5) is 11.6 Å². The first-order chi connectivity index (χ1) is 13.2. The standard InChI is InChI=1S/C20H25N5O2/c1-16-3-2-5-22-19(16)24-9-7-23(8-10-24)18-15-17(4-6-21-18)20(26)25-11-13-27-14-12-25/h2-6,15H,7-14H2,1H3. The highest BCUT2D eigenvalue weighted by Crippen LogP contribution is 2.21. The van der Waals surface area contributed by atoms with E-state index in [1.165, 1.54) is 5.56 Å². The maximum atomic E-state index is 12.7. The van der Waals surface area contributed by atoms with Gasteiger partial charge in [-0.05, 0) is 30.7 Å². The van der Waals surface area contributed by atoms with E-state index in [2.05, 4.69) is 32.8 Å². The summed E-state index contributed by atoms with van der Waals surface area (Å²) in [4.78, 5) is 28.1. The topological polar surface area (TPSA) is 61.8 Å². The van der Waals surface area contributed by atoms with Crippen molar-refractivity contribution in [1.82, 2.24) is 14.9 Å². The van der Waals surface area contributed by atoms with Gasteiger partial charge in [0, 0.05) is 57.2 Å². The Balaban J connectivity index is 1.43. The SMILES string of the molecule is Cc1cccnc1N1CCN(c2cc(C(=O)N3CCOCC3)ccn2)CC1. The van der Waals surface area contributed by atoms with Crippen LogP contribution in [0.3, 0.4) is 0 Å². The third-order valence-corrected chi connectivity index (χ3v) is 5.18. The summed E-state index contributed by atoms with van der Waals surface area (Å²) in [5.41, 5.74) is 1.90. The Morgan fingerprint density at radius 3 is 2.44 bits per heavy atom. The fourth-order valence-electron chi connectivity index (χ4n) is 3.63. The number of morpholine rings is 1. The van der Waals surface area contributed by atoms with E-state index in [0.29, 0.717) is 31.9 Å². The number of carbonyl (C=O) groups is 1. The number of piperazine rings is 1. The minimum absolute atomic E-state index is 0.0599. The van der Waals surface area contributed by atoms with Gasteiger partial charge in [-0.15, -0.1) is 0 Å². The quantitative estimate of drug-likeness (QED) is 0.821. The summed E-state index contributed by atoms with van der Waals surface area (Å²) in [6.45, 7) is 8.12. The largest absolute Gasteiger partial charge is 0.378 e. The summed E-state index contributed by atoms with van der Waals surface area (Å²) in [7, 11) is 0. The smallest absolute Gasteiger partial charge is 0.254 e. The average Bonchev–Trinajstić information content (AvgIpc) is 2.74. The maximum Gasteiger partial charge on any atom is 0.254 e. The van der Waals surface area contributed by atoms with Crippen LogP contribution in [0.1, 0.15) is 15.9 Å². The molecular formula is C20H25N5O2. The third-order valence-electron chi connectivity index (χ3n) is 5.18. The highest BCUT2D eigenvalue weighted by Gasteiger charge is 2.22. The van der Waals surface area contributed by atoms with E-state index in [4.69, 9.17) is 4.74 Å². The molecule has 4 heterocycles. The van der Waals surface area contributed by atoms with Crippen LogP contribution in [0.15, 0.2) is 36.7 Å². The van der Waals surface area contributed by atoms with E-state index >= 15 is 0 Å². The molecule has 0 spiro atoms. The van der Waals surface area contributed by atoms with Gasteiger partial charge in [-0.3, -0.25) is 4.79 Å². The number of hydrogen-bond acceptors (Lipinski definition) is 6. The molecule has 0 unspecified atom stereocenters. The van der Waals surface area contributed by atoms with Gasteiger partial charge in [0.2, 0.25) is 0 Å². The second kappa shape index (κ2) is 7.92. The van der Waals surface area contributed by atoms with E-state index in [9.17, 15) is 4.79 Å². The van der Waals surface area contributed by atoms with E-state index in [1.807, 2.05) is 23.2 Å². The molecule has 0 N–H and O–H groups in total. The number of nitrogens with zero attached hydrogens (tertiary/aromatic N) is 5. The van der Waals surface area contributed by atoms with Crippen molar-refractivity contribution in [3.63, 3.8) is 0 Å². The summed E-state index contributed by atoms with van der Waals surface area (Å²) >= 11 is 0. The molecule has 2 aromatic heterocycles. The highest BCUT2D eigenvalue weighted by atomic mass is 16.5. The van der Waals surface area contributed by atoms with Crippen molar-refractivity contribution in [3.05, 3.63) is 47.8 Å². The van der Waals surface area contributed by atoms with Crippen molar-refractivity contribution in [2.75, 3.05) is 62.3 Å². The first-order valence-corrected chi connectivity index (χ1v) is 9.47. The zero-order chi connectivity index (χ0) is 18.6. The Hall–Kier alpha value is -2.67. The van der Waals surface area contributed by atoms with Crippen molar-refractivity contribution in [3.8, 4) is 0 Å². The van der Waals surface area contributed by atoms with Gasteiger partial charge in [0.25, 0.3) is 5.91 Å². The monoisotopic (exact) mass is 367 g/mol. The van der Waals surface area contributed by atoms with Crippen molar-refractivity contribution in [2.24, 2.45) is 0 Å². The van der Waals surface area contributed by atoms with Gasteiger partial charge < -0.3 is 19.4 Å². The molecule has 2 aliphatic heterocycles. The first-order valence-electron chi connectivity index (χ1n) is 9.47. The third kappa shape index (κ3) is 3.88. The Bertz CT molecular complexity index is 798. The van der Waals surface area contributed by atoms with Gasteiger partial charge in [0.15, 0.2) is 0 Å². The van der Waals surface area contributed by atoms with E-state index in [1.54, 1.807) is 12.3 Å². The summed E-state index contributed by atoms with van der Waals surface area (Å²) in [6.07, 6.45) is 3.58. The molecule has 2 fully saturated rings. The van der Waals surface area contributed by atoms with Gasteiger partial charge >= 0.3 is 0 Å². The number of pyridine rings is 2. The predicted molar refractivity (Wildman–Crippen MR) is 104 cm³/mol. The first kappa shape index (κ1) is 17.7. The number of rotatable bonds is 3. The molecular weight excluding hydrogens is 342 g/mol. The van der Waals surface area contributed by atoms with E-state index in [-0.39, 0.29) is 5.91 Å². The number of ether oxygens (including phenoxy) is 1. The van der Waals surface area contributed by atoms with Crippen LogP contribution in [0.2, 0.25) is 0 Å². The zero-order valence-electron chi connectivity index (χ0n) is 15.7. The lowest BCUT2D eigenvalue weighted by Gasteiger charge is -2.36. The van der Waals surface area contributed by atoms with Crippen molar-refractivity contribution in [1.29, 1.82) is 0 Å². The molecule has 2 saturated heterocycles. The van der Waals surface area contributed by atoms with Crippen molar-refractivity contribution in [2.45, 2.75) is 6.92 Å². The normalized spacial score (nSPS) is 17.9. The molecule has 0 aliphatic carbocycles. The zero-order valence-corrected chi connectivity index (χ0v) is 15.7. The van der Waals surface area contributed by atoms with Crippen LogP contribution in [0.25, 0.3) is 0 Å². The number of carbonyl (C=O) groups excluding carboxylic acids is 1. The van der Waals surface area contributed by atoms with Crippen molar-refractivity contribution >= 4 is 17.5 Å². The minimum Gasteiger partial charge on any atom is -0.378 e. The molecule has 0 aromatic carbocycles. The molecule has 4 rings (SSSR count). The Morgan fingerprint density at radius 1 is 0.963 bits per heavy atom. The molecule has 142 valence electrons. The fourth-order valence-corrected chi connectivity index (χ4v) is 3.63. The lowest BCUT2D eigenvalue weighted by atomic mass is 10.2. The molecule has 1 amide bonds. The molecule has 0 saturated carbocycles. The van der Waals surface area contributed by atoms with Crippen LogP contribution < -0.4 is 9.80 Å².